The largest absolute Gasteiger partial charge is 0.497 e. The minimum atomic E-state index is -0.544. The number of hydrogen-bond acceptors (Lipinski definition) is 5. The SMILES string of the molecule is COc1cc(C)c(-c2cc(C(N)=O)nc3cc(C(C)Cc4cnc(C)nc4)ccc23)c(C)c1. The second kappa shape index (κ2) is 8.98. The van der Waals surface area contributed by atoms with Crippen LogP contribution < -0.4 is 10.5 Å². The minimum absolute atomic E-state index is 0.229. The van der Waals surface area contributed by atoms with Gasteiger partial charge in [0.05, 0.1) is 12.6 Å². The summed E-state index contributed by atoms with van der Waals surface area (Å²) in [4.78, 5) is 25.3. The fourth-order valence-corrected chi connectivity index (χ4v) is 4.35. The van der Waals surface area contributed by atoms with E-state index in [4.69, 9.17) is 10.5 Å². The number of fused-ring (bicyclic) bond motifs is 1. The number of primary amides is 1. The fourth-order valence-electron chi connectivity index (χ4n) is 4.35. The van der Waals surface area contributed by atoms with Gasteiger partial charge in [-0.1, -0.05) is 19.1 Å². The number of nitrogens with zero attached hydrogens (tertiary/aromatic N) is 3. The molecule has 6 nitrogen and oxygen atoms in total. The highest BCUT2D eigenvalue weighted by atomic mass is 16.5. The van der Waals surface area contributed by atoms with Crippen molar-refractivity contribution < 1.29 is 9.53 Å². The van der Waals surface area contributed by atoms with Crippen molar-refractivity contribution in [3.8, 4) is 16.9 Å². The van der Waals surface area contributed by atoms with Gasteiger partial charge in [0.1, 0.15) is 17.3 Å². The van der Waals surface area contributed by atoms with E-state index in [2.05, 4.69) is 40.1 Å². The molecule has 0 aliphatic carbocycles. The average molecular weight is 441 g/mol. The molecule has 0 radical (unpaired) electrons. The second-order valence-corrected chi connectivity index (χ2v) is 8.58. The quantitative estimate of drug-likeness (QED) is 0.452. The van der Waals surface area contributed by atoms with Crippen molar-refractivity contribution in [1.82, 2.24) is 15.0 Å². The number of aryl methyl sites for hydroxylation is 3. The van der Waals surface area contributed by atoms with E-state index >= 15 is 0 Å². The number of hydrogen-bond donors (Lipinski definition) is 1. The van der Waals surface area contributed by atoms with Gasteiger partial charge < -0.3 is 10.5 Å². The Morgan fingerprint density at radius 3 is 2.30 bits per heavy atom. The van der Waals surface area contributed by atoms with E-state index in [-0.39, 0.29) is 11.6 Å². The van der Waals surface area contributed by atoms with Crippen LogP contribution in [-0.4, -0.2) is 28.0 Å². The van der Waals surface area contributed by atoms with Gasteiger partial charge in [0.2, 0.25) is 0 Å². The maximum Gasteiger partial charge on any atom is 0.267 e. The van der Waals surface area contributed by atoms with Gasteiger partial charge in [-0.2, -0.15) is 0 Å². The summed E-state index contributed by atoms with van der Waals surface area (Å²) in [5.74, 6) is 1.25. The van der Waals surface area contributed by atoms with Crippen LogP contribution in [0.3, 0.4) is 0 Å². The van der Waals surface area contributed by atoms with Crippen molar-refractivity contribution in [3.05, 3.63) is 82.6 Å². The first-order valence-electron chi connectivity index (χ1n) is 10.9. The first-order chi connectivity index (χ1) is 15.8. The van der Waals surface area contributed by atoms with Crippen LogP contribution in [0.25, 0.3) is 22.0 Å². The maximum absolute atomic E-state index is 12.1. The molecular weight excluding hydrogens is 412 g/mol. The Kier molecular flexibility index (Phi) is 6.09. The van der Waals surface area contributed by atoms with Crippen molar-refractivity contribution in [2.75, 3.05) is 7.11 Å². The summed E-state index contributed by atoms with van der Waals surface area (Å²) in [5, 5.41) is 0.978. The molecule has 1 atom stereocenters. The molecule has 2 aromatic carbocycles. The molecule has 33 heavy (non-hydrogen) atoms. The third kappa shape index (κ3) is 4.55. The Hall–Kier alpha value is -3.80. The van der Waals surface area contributed by atoms with Gasteiger partial charge in [-0.25, -0.2) is 15.0 Å². The third-order valence-corrected chi connectivity index (χ3v) is 6.04. The summed E-state index contributed by atoms with van der Waals surface area (Å²) in [6, 6.07) is 12.1. The van der Waals surface area contributed by atoms with Crippen LogP contribution in [0.2, 0.25) is 0 Å². The summed E-state index contributed by atoms with van der Waals surface area (Å²) in [7, 11) is 1.66. The van der Waals surface area contributed by atoms with Crippen molar-refractivity contribution in [2.45, 2.75) is 40.0 Å². The molecule has 0 saturated carbocycles. The van der Waals surface area contributed by atoms with E-state index in [1.165, 1.54) is 0 Å². The standard InChI is InChI=1S/C27H28N4O2/c1-15(8-19-13-29-18(4)30-14-19)20-6-7-22-23(12-25(27(28)32)31-24(22)11-20)26-16(2)9-21(33-5)10-17(26)3/h6-7,9-15H,8H2,1-5H3,(H2,28,32). The zero-order valence-corrected chi connectivity index (χ0v) is 19.6. The monoisotopic (exact) mass is 440 g/mol. The molecule has 0 spiro atoms. The molecule has 2 N–H and O–H groups in total. The molecule has 2 aromatic heterocycles. The number of pyridine rings is 1. The van der Waals surface area contributed by atoms with Crippen LogP contribution in [0.1, 0.15) is 51.4 Å². The number of methoxy groups -OCH3 is 1. The zero-order valence-electron chi connectivity index (χ0n) is 19.6. The van der Waals surface area contributed by atoms with Gasteiger partial charge in [0, 0.05) is 17.8 Å². The fraction of sp³-hybridized carbons (Fsp3) is 0.259. The molecular formula is C27H28N4O2. The van der Waals surface area contributed by atoms with Gasteiger partial charge in [-0.05, 0) is 90.8 Å². The van der Waals surface area contributed by atoms with Crippen molar-refractivity contribution in [3.63, 3.8) is 0 Å². The van der Waals surface area contributed by atoms with E-state index in [0.29, 0.717) is 0 Å². The summed E-state index contributed by atoms with van der Waals surface area (Å²) < 4.78 is 5.42. The normalized spacial score (nSPS) is 12.0. The van der Waals surface area contributed by atoms with Crippen molar-refractivity contribution >= 4 is 16.8 Å². The minimum Gasteiger partial charge on any atom is -0.497 e. The number of rotatable bonds is 6. The highest BCUT2D eigenvalue weighted by Crippen LogP contribution is 2.36. The average Bonchev–Trinajstić information content (AvgIpc) is 2.79. The Bertz CT molecular complexity index is 1320. The molecule has 168 valence electrons. The first kappa shape index (κ1) is 22.4. The van der Waals surface area contributed by atoms with Gasteiger partial charge in [-0.15, -0.1) is 0 Å². The molecule has 0 aliphatic rings. The van der Waals surface area contributed by atoms with E-state index in [0.717, 1.165) is 62.3 Å². The van der Waals surface area contributed by atoms with E-state index in [1.54, 1.807) is 13.2 Å². The molecule has 4 aromatic rings. The highest BCUT2D eigenvalue weighted by Gasteiger charge is 2.17. The van der Waals surface area contributed by atoms with Crippen LogP contribution >= 0.6 is 0 Å². The highest BCUT2D eigenvalue weighted by molar-refractivity contribution is 6.02. The lowest BCUT2D eigenvalue weighted by molar-refractivity contribution is 0.0996. The molecule has 0 aliphatic heterocycles. The third-order valence-electron chi connectivity index (χ3n) is 6.04. The van der Waals surface area contributed by atoms with E-state index in [1.807, 2.05) is 45.3 Å². The number of carbonyl (C=O) groups excluding carboxylic acids is 1. The van der Waals surface area contributed by atoms with Crippen LogP contribution in [-0.2, 0) is 6.42 Å². The van der Waals surface area contributed by atoms with Gasteiger partial charge >= 0.3 is 0 Å². The summed E-state index contributed by atoms with van der Waals surface area (Å²) in [5.41, 5.74) is 13.0. The number of nitrogens with two attached hydrogens (primary N) is 1. The number of benzene rings is 2. The summed E-state index contributed by atoms with van der Waals surface area (Å²) in [6.07, 6.45) is 4.55. The van der Waals surface area contributed by atoms with Gasteiger partial charge in [-0.3, -0.25) is 4.79 Å². The predicted molar refractivity (Wildman–Crippen MR) is 131 cm³/mol. The van der Waals surface area contributed by atoms with Crippen LogP contribution in [0.15, 0.2) is 48.8 Å². The predicted octanol–water partition coefficient (Wildman–Crippen LogP) is 5.07. The van der Waals surface area contributed by atoms with Crippen molar-refractivity contribution in [1.29, 1.82) is 0 Å². The molecule has 1 amide bonds. The van der Waals surface area contributed by atoms with E-state index < -0.39 is 5.91 Å². The zero-order chi connectivity index (χ0) is 23.7. The molecule has 0 bridgehead atoms. The molecule has 1 unspecified atom stereocenters. The molecule has 4 rings (SSSR count). The van der Waals surface area contributed by atoms with Crippen LogP contribution in [0, 0.1) is 20.8 Å². The Morgan fingerprint density at radius 2 is 1.70 bits per heavy atom. The van der Waals surface area contributed by atoms with E-state index in [9.17, 15) is 4.79 Å². The van der Waals surface area contributed by atoms with Gasteiger partial charge in [0.25, 0.3) is 5.91 Å². The Balaban J connectivity index is 1.83. The van der Waals surface area contributed by atoms with Gasteiger partial charge in [0.15, 0.2) is 0 Å². The lowest BCUT2D eigenvalue weighted by Crippen LogP contribution is -2.13. The first-order valence-corrected chi connectivity index (χ1v) is 10.9. The lowest BCUT2D eigenvalue weighted by atomic mass is 9.89. The number of carbonyl (C=O) groups is 1. The van der Waals surface area contributed by atoms with Crippen LogP contribution in [0.4, 0.5) is 0 Å². The van der Waals surface area contributed by atoms with Crippen molar-refractivity contribution in [2.24, 2.45) is 5.73 Å². The number of aromatic nitrogens is 3. The molecule has 0 fully saturated rings. The Labute approximate surface area is 193 Å². The molecule has 6 heteroatoms. The summed E-state index contributed by atoms with van der Waals surface area (Å²) in [6.45, 7) is 8.13. The topological polar surface area (TPSA) is 91.0 Å². The lowest BCUT2D eigenvalue weighted by Gasteiger charge is -2.17. The van der Waals surface area contributed by atoms with Crippen LogP contribution in [0.5, 0.6) is 5.75 Å². The number of ether oxygens (including phenoxy) is 1. The molecule has 2 heterocycles. The molecule has 0 saturated heterocycles. The summed E-state index contributed by atoms with van der Waals surface area (Å²) >= 11 is 0. The maximum atomic E-state index is 12.1. The number of amides is 1. The second-order valence-electron chi connectivity index (χ2n) is 8.58. The smallest absolute Gasteiger partial charge is 0.267 e. The Morgan fingerprint density at radius 1 is 1.03 bits per heavy atom.